The lowest BCUT2D eigenvalue weighted by molar-refractivity contribution is -0.142. The van der Waals surface area contributed by atoms with Crippen LogP contribution in [0.2, 0.25) is 0 Å². The zero-order valence-electron chi connectivity index (χ0n) is 16.6. The summed E-state index contributed by atoms with van der Waals surface area (Å²) in [6.07, 6.45) is 3.26. The monoisotopic (exact) mass is 422 g/mol. The molecule has 0 amide bonds. The van der Waals surface area contributed by atoms with E-state index in [1.54, 1.807) is 17.5 Å². The number of sulfonamides is 1. The van der Waals surface area contributed by atoms with Gasteiger partial charge in [-0.25, -0.2) is 17.7 Å². The number of rotatable bonds is 5. The van der Waals surface area contributed by atoms with E-state index in [1.807, 2.05) is 5.38 Å². The molecule has 2 heterocycles. The molecule has 1 aliphatic rings. The molecular formula is C20H26N2O4S2. The first kappa shape index (κ1) is 21.0. The van der Waals surface area contributed by atoms with Gasteiger partial charge in [0.15, 0.2) is 4.75 Å². The van der Waals surface area contributed by atoms with Gasteiger partial charge in [0.1, 0.15) is 5.01 Å². The first-order valence-electron chi connectivity index (χ1n) is 9.27. The van der Waals surface area contributed by atoms with Crippen LogP contribution in [0.1, 0.15) is 43.7 Å². The predicted octanol–water partition coefficient (Wildman–Crippen LogP) is 3.58. The highest BCUT2D eigenvalue weighted by Gasteiger charge is 2.47. The van der Waals surface area contributed by atoms with Gasteiger partial charge in [0.2, 0.25) is 10.0 Å². The van der Waals surface area contributed by atoms with Crippen molar-refractivity contribution in [3.8, 4) is 10.6 Å². The quantitative estimate of drug-likeness (QED) is 0.689. The van der Waals surface area contributed by atoms with Crippen molar-refractivity contribution in [2.75, 3.05) is 20.2 Å². The Morgan fingerprint density at radius 3 is 2.50 bits per heavy atom. The first-order valence-corrected chi connectivity index (χ1v) is 11.6. The largest absolute Gasteiger partial charge is 0.468 e. The minimum atomic E-state index is -3.77. The number of carbonyl (C=O) groups excluding carboxylic acids is 1. The molecule has 0 unspecified atom stereocenters. The fourth-order valence-corrected chi connectivity index (χ4v) is 6.00. The molecule has 0 spiro atoms. The minimum Gasteiger partial charge on any atom is -0.468 e. The first-order chi connectivity index (χ1) is 13.2. The summed E-state index contributed by atoms with van der Waals surface area (Å²) in [4.78, 5) is 16.3. The average Bonchev–Trinajstić information content (AvgIpc) is 3.21. The number of methoxy groups -OCH3 is 1. The maximum atomic E-state index is 12.9. The molecule has 1 fully saturated rings. The normalized spacial score (nSPS) is 16.9. The van der Waals surface area contributed by atoms with Crippen LogP contribution in [-0.4, -0.2) is 48.6 Å². The van der Waals surface area contributed by atoms with Gasteiger partial charge in [-0.1, -0.05) is 18.2 Å². The Morgan fingerprint density at radius 2 is 1.96 bits per heavy atom. The van der Waals surface area contributed by atoms with E-state index < -0.39 is 20.7 Å². The Bertz CT molecular complexity index is 945. The Balaban J connectivity index is 1.72. The summed E-state index contributed by atoms with van der Waals surface area (Å²) in [5, 5.41) is 2.98. The molecule has 1 aliphatic heterocycles. The van der Waals surface area contributed by atoms with Gasteiger partial charge in [-0.2, -0.15) is 0 Å². The van der Waals surface area contributed by atoms with Gasteiger partial charge in [0, 0.05) is 30.2 Å². The van der Waals surface area contributed by atoms with Crippen LogP contribution < -0.4 is 0 Å². The van der Waals surface area contributed by atoms with Crippen LogP contribution in [-0.2, 0) is 19.6 Å². The van der Waals surface area contributed by atoms with E-state index in [9.17, 15) is 13.2 Å². The van der Waals surface area contributed by atoms with E-state index in [-0.39, 0.29) is 0 Å². The number of hydrogen-bond acceptors (Lipinski definition) is 6. The lowest BCUT2D eigenvalue weighted by atomic mass is 9.88. The van der Waals surface area contributed by atoms with Crippen molar-refractivity contribution in [1.82, 2.24) is 9.29 Å². The molecule has 0 aliphatic carbocycles. The second kappa shape index (κ2) is 7.93. The number of esters is 1. The summed E-state index contributed by atoms with van der Waals surface area (Å²) in [5.41, 5.74) is 3.54. The lowest BCUT2D eigenvalue weighted by Crippen LogP contribution is -2.52. The number of thiazole rings is 1. The maximum Gasteiger partial charge on any atom is 0.328 e. The molecule has 0 saturated carbocycles. The van der Waals surface area contributed by atoms with E-state index in [4.69, 9.17) is 0 Å². The smallest absolute Gasteiger partial charge is 0.328 e. The third kappa shape index (κ3) is 3.73. The standard InChI is InChI=1S/C20H26N2O4S2/c1-14-13-16(5-6-17(14)18-21-9-12-27-18)15-7-10-22(11-8-15)28(24,25)20(2,3)19(23)26-4/h5-6,9,12-13,15H,7-8,10-11H2,1-4H3. The summed E-state index contributed by atoms with van der Waals surface area (Å²) in [6.45, 7) is 5.70. The van der Waals surface area contributed by atoms with Crippen LogP contribution in [0.3, 0.4) is 0 Å². The highest BCUT2D eigenvalue weighted by Crippen LogP contribution is 2.35. The van der Waals surface area contributed by atoms with Gasteiger partial charge in [-0.05, 0) is 50.7 Å². The molecule has 1 saturated heterocycles. The molecule has 0 atom stereocenters. The average molecular weight is 423 g/mol. The second-order valence-electron chi connectivity index (χ2n) is 7.59. The number of carbonyl (C=O) groups is 1. The molecule has 0 bridgehead atoms. The van der Waals surface area contributed by atoms with Gasteiger partial charge in [0.05, 0.1) is 7.11 Å². The van der Waals surface area contributed by atoms with Crippen molar-refractivity contribution in [2.24, 2.45) is 0 Å². The topological polar surface area (TPSA) is 76.6 Å². The van der Waals surface area contributed by atoms with Crippen molar-refractivity contribution in [3.63, 3.8) is 0 Å². The molecule has 1 aromatic carbocycles. The van der Waals surface area contributed by atoms with Crippen LogP contribution >= 0.6 is 11.3 Å². The Hall–Kier alpha value is -1.77. The molecule has 3 rings (SSSR count). The molecular weight excluding hydrogens is 396 g/mol. The number of piperidine rings is 1. The Morgan fingerprint density at radius 1 is 1.29 bits per heavy atom. The third-order valence-electron chi connectivity index (χ3n) is 5.50. The Kier molecular flexibility index (Phi) is 5.93. The van der Waals surface area contributed by atoms with E-state index in [0.717, 1.165) is 23.4 Å². The molecule has 1 aromatic heterocycles. The second-order valence-corrected chi connectivity index (χ2v) is 11.0. The van der Waals surface area contributed by atoms with Crippen molar-refractivity contribution in [1.29, 1.82) is 0 Å². The van der Waals surface area contributed by atoms with E-state index in [0.29, 0.717) is 19.0 Å². The van der Waals surface area contributed by atoms with Crippen molar-refractivity contribution in [3.05, 3.63) is 40.9 Å². The number of nitrogens with zero attached hydrogens (tertiary/aromatic N) is 2. The molecule has 0 radical (unpaired) electrons. The third-order valence-corrected chi connectivity index (χ3v) is 8.81. The number of hydrogen-bond donors (Lipinski definition) is 0. The highest BCUT2D eigenvalue weighted by molar-refractivity contribution is 7.91. The fraction of sp³-hybridized carbons (Fsp3) is 0.500. The maximum absolute atomic E-state index is 12.9. The number of benzene rings is 1. The summed E-state index contributed by atoms with van der Waals surface area (Å²) >= 11 is 1.62. The van der Waals surface area contributed by atoms with E-state index >= 15 is 0 Å². The summed E-state index contributed by atoms with van der Waals surface area (Å²) in [5.74, 6) is -0.431. The van der Waals surface area contributed by atoms with Gasteiger partial charge in [-0.15, -0.1) is 11.3 Å². The molecule has 152 valence electrons. The molecule has 28 heavy (non-hydrogen) atoms. The fourth-order valence-electron chi connectivity index (χ4n) is 3.64. The van der Waals surface area contributed by atoms with Gasteiger partial charge < -0.3 is 4.74 Å². The highest BCUT2D eigenvalue weighted by atomic mass is 32.2. The van der Waals surface area contributed by atoms with Gasteiger partial charge >= 0.3 is 5.97 Å². The molecule has 8 heteroatoms. The van der Waals surface area contributed by atoms with Crippen LogP contribution in [0.5, 0.6) is 0 Å². The van der Waals surface area contributed by atoms with Gasteiger partial charge in [0.25, 0.3) is 0 Å². The summed E-state index contributed by atoms with van der Waals surface area (Å²) < 4.78 is 30.3. The molecule has 0 N–H and O–H groups in total. The number of aromatic nitrogens is 1. The minimum absolute atomic E-state index is 0.303. The molecule has 2 aromatic rings. The van der Waals surface area contributed by atoms with Crippen molar-refractivity contribution in [2.45, 2.75) is 44.3 Å². The number of aryl methyl sites for hydroxylation is 1. The van der Waals surface area contributed by atoms with E-state index in [2.05, 4.69) is 34.8 Å². The lowest BCUT2D eigenvalue weighted by Gasteiger charge is -2.35. The zero-order valence-corrected chi connectivity index (χ0v) is 18.3. The van der Waals surface area contributed by atoms with Crippen molar-refractivity contribution < 1.29 is 17.9 Å². The summed E-state index contributed by atoms with van der Waals surface area (Å²) in [6, 6.07) is 6.41. The van der Waals surface area contributed by atoms with E-state index in [1.165, 1.54) is 36.4 Å². The van der Waals surface area contributed by atoms with Gasteiger partial charge in [-0.3, -0.25) is 4.79 Å². The van der Waals surface area contributed by atoms with Crippen LogP contribution in [0.4, 0.5) is 0 Å². The summed E-state index contributed by atoms with van der Waals surface area (Å²) in [7, 11) is -2.56. The molecule has 6 nitrogen and oxygen atoms in total. The zero-order chi connectivity index (χ0) is 20.5. The Labute approximate surface area is 170 Å². The number of ether oxygens (including phenoxy) is 1. The SMILES string of the molecule is COC(=O)C(C)(C)S(=O)(=O)N1CCC(c2ccc(-c3nccs3)c(C)c2)CC1. The van der Waals surface area contributed by atoms with Crippen LogP contribution in [0.25, 0.3) is 10.6 Å². The van der Waals surface area contributed by atoms with Crippen molar-refractivity contribution >= 4 is 27.3 Å². The van der Waals surface area contributed by atoms with Crippen LogP contribution in [0.15, 0.2) is 29.8 Å². The van der Waals surface area contributed by atoms with Crippen LogP contribution in [0, 0.1) is 6.92 Å². The predicted molar refractivity (Wildman–Crippen MR) is 111 cm³/mol.